The third-order valence-corrected chi connectivity index (χ3v) is 3.67. The number of H-pyrrole nitrogens is 1. The first-order chi connectivity index (χ1) is 9.70. The molecule has 0 aromatic carbocycles. The van der Waals surface area contributed by atoms with Crippen molar-refractivity contribution in [3.63, 3.8) is 0 Å². The van der Waals surface area contributed by atoms with Gasteiger partial charge in [-0.15, -0.1) is 0 Å². The number of imidazole rings is 1. The molecule has 20 heavy (non-hydrogen) atoms. The molecule has 0 radical (unpaired) electrons. The first-order valence-corrected chi connectivity index (χ1v) is 6.79. The first-order valence-electron chi connectivity index (χ1n) is 6.41. The number of nitrogens with one attached hydrogen (secondary N) is 1. The molecule has 3 heterocycles. The zero-order chi connectivity index (χ0) is 13.7. The number of hydrogen-bond acceptors (Lipinski definition) is 4. The number of aliphatic imine (C=N–C) groups is 1. The SMILES string of the molecule is Oc1nc(C2CC2)[nH]c1C=C1C=Nc2ncc(Cl)cc21. The molecule has 2 aliphatic rings. The fraction of sp³-hybridized carbons (Fsp3) is 0.214. The van der Waals surface area contributed by atoms with Crippen LogP contribution in [0.2, 0.25) is 5.02 Å². The van der Waals surface area contributed by atoms with E-state index >= 15 is 0 Å². The van der Waals surface area contributed by atoms with Crippen molar-refractivity contribution in [2.75, 3.05) is 0 Å². The molecule has 0 unspecified atom stereocenters. The largest absolute Gasteiger partial charge is 0.492 e. The highest BCUT2D eigenvalue weighted by molar-refractivity contribution is 6.31. The number of allylic oxidation sites excluding steroid dienone is 1. The third kappa shape index (κ3) is 1.91. The van der Waals surface area contributed by atoms with Crippen molar-refractivity contribution >= 4 is 35.3 Å². The average Bonchev–Trinajstić information content (AvgIpc) is 3.12. The van der Waals surface area contributed by atoms with Crippen LogP contribution in [0.15, 0.2) is 17.3 Å². The number of nitrogens with zero attached hydrogens (tertiary/aromatic N) is 3. The fourth-order valence-electron chi connectivity index (χ4n) is 2.27. The Labute approximate surface area is 120 Å². The number of halogens is 1. The van der Waals surface area contributed by atoms with Gasteiger partial charge in [-0.25, -0.2) is 9.98 Å². The molecule has 1 saturated carbocycles. The third-order valence-electron chi connectivity index (χ3n) is 3.46. The standard InChI is InChI=1S/C14H11ClN4O/c15-9-4-10-8(5-16-13(10)17-6-9)3-11-14(20)19-12(18-11)7-1-2-7/h3-7,20H,1-2H2,(H,18,19). The lowest BCUT2D eigenvalue weighted by Gasteiger charge is -1.99. The maximum absolute atomic E-state index is 9.90. The summed E-state index contributed by atoms with van der Waals surface area (Å²) in [6.45, 7) is 0. The summed E-state index contributed by atoms with van der Waals surface area (Å²) in [5.41, 5.74) is 2.32. The van der Waals surface area contributed by atoms with E-state index in [0.29, 0.717) is 22.5 Å². The van der Waals surface area contributed by atoms with E-state index in [4.69, 9.17) is 11.6 Å². The van der Waals surface area contributed by atoms with E-state index in [0.717, 1.165) is 29.8 Å². The summed E-state index contributed by atoms with van der Waals surface area (Å²) in [6, 6.07) is 1.82. The molecule has 4 rings (SSSR count). The number of hydrogen-bond donors (Lipinski definition) is 2. The van der Waals surface area contributed by atoms with Gasteiger partial charge in [0.2, 0.25) is 5.88 Å². The quantitative estimate of drug-likeness (QED) is 0.889. The molecule has 1 aliphatic heterocycles. The molecule has 100 valence electrons. The second kappa shape index (κ2) is 4.18. The molecule has 2 aromatic rings. The summed E-state index contributed by atoms with van der Waals surface area (Å²) in [4.78, 5) is 15.7. The number of aromatic hydroxyl groups is 1. The predicted octanol–water partition coefficient (Wildman–Crippen LogP) is 3.30. The van der Waals surface area contributed by atoms with Crippen molar-refractivity contribution in [3.05, 3.63) is 34.4 Å². The number of aromatic amines is 1. The van der Waals surface area contributed by atoms with Gasteiger partial charge in [-0.3, -0.25) is 0 Å². The molecule has 0 bridgehead atoms. The second-order valence-electron chi connectivity index (χ2n) is 5.02. The maximum atomic E-state index is 9.90. The number of aromatic nitrogens is 3. The van der Waals surface area contributed by atoms with E-state index in [1.54, 1.807) is 12.4 Å². The minimum atomic E-state index is 0.0243. The van der Waals surface area contributed by atoms with E-state index in [-0.39, 0.29) is 5.88 Å². The van der Waals surface area contributed by atoms with E-state index in [9.17, 15) is 5.11 Å². The Hall–Kier alpha value is -2.14. The zero-order valence-electron chi connectivity index (χ0n) is 10.5. The molecule has 0 amide bonds. The van der Waals surface area contributed by atoms with Gasteiger partial charge < -0.3 is 10.1 Å². The molecule has 0 atom stereocenters. The van der Waals surface area contributed by atoms with Crippen molar-refractivity contribution < 1.29 is 5.11 Å². The Morgan fingerprint density at radius 3 is 3.05 bits per heavy atom. The van der Waals surface area contributed by atoms with Crippen LogP contribution in [0.5, 0.6) is 5.88 Å². The lowest BCUT2D eigenvalue weighted by atomic mass is 10.1. The van der Waals surface area contributed by atoms with Gasteiger partial charge in [0.15, 0.2) is 5.82 Å². The number of pyridine rings is 1. The van der Waals surface area contributed by atoms with E-state index in [2.05, 4.69) is 19.9 Å². The van der Waals surface area contributed by atoms with E-state index in [1.807, 2.05) is 12.1 Å². The molecule has 1 fully saturated rings. The van der Waals surface area contributed by atoms with Gasteiger partial charge in [-0.05, 0) is 25.0 Å². The van der Waals surface area contributed by atoms with Gasteiger partial charge in [0, 0.05) is 29.5 Å². The Kier molecular flexibility index (Phi) is 2.44. The summed E-state index contributed by atoms with van der Waals surface area (Å²) in [5.74, 6) is 1.99. The Balaban J connectivity index is 1.75. The van der Waals surface area contributed by atoms with Crippen molar-refractivity contribution in [3.8, 4) is 5.88 Å². The van der Waals surface area contributed by atoms with Gasteiger partial charge in [0.05, 0.1) is 5.02 Å². The average molecular weight is 287 g/mol. The highest BCUT2D eigenvalue weighted by Gasteiger charge is 2.28. The van der Waals surface area contributed by atoms with Crippen LogP contribution in [-0.2, 0) is 0 Å². The minimum Gasteiger partial charge on any atom is -0.492 e. The Morgan fingerprint density at radius 1 is 1.40 bits per heavy atom. The van der Waals surface area contributed by atoms with Crippen LogP contribution in [0.1, 0.15) is 35.8 Å². The van der Waals surface area contributed by atoms with Crippen LogP contribution in [0, 0.1) is 0 Å². The van der Waals surface area contributed by atoms with Gasteiger partial charge >= 0.3 is 0 Å². The number of rotatable bonds is 2. The molecule has 2 N–H and O–H groups in total. The van der Waals surface area contributed by atoms with Crippen LogP contribution in [0.3, 0.4) is 0 Å². The summed E-state index contributed by atoms with van der Waals surface area (Å²) in [6.07, 6.45) is 7.37. The molecule has 1 aliphatic carbocycles. The van der Waals surface area contributed by atoms with Crippen LogP contribution >= 0.6 is 11.6 Å². The fourth-order valence-corrected chi connectivity index (χ4v) is 2.42. The monoisotopic (exact) mass is 286 g/mol. The van der Waals surface area contributed by atoms with Crippen molar-refractivity contribution in [2.24, 2.45) is 4.99 Å². The Morgan fingerprint density at radius 2 is 2.25 bits per heavy atom. The van der Waals surface area contributed by atoms with E-state index < -0.39 is 0 Å². The van der Waals surface area contributed by atoms with Crippen LogP contribution < -0.4 is 0 Å². The minimum absolute atomic E-state index is 0.0243. The van der Waals surface area contributed by atoms with Crippen molar-refractivity contribution in [2.45, 2.75) is 18.8 Å². The lowest BCUT2D eigenvalue weighted by molar-refractivity contribution is 0.454. The van der Waals surface area contributed by atoms with Crippen LogP contribution in [0.25, 0.3) is 11.6 Å². The van der Waals surface area contributed by atoms with Gasteiger partial charge in [-0.1, -0.05) is 11.6 Å². The first kappa shape index (κ1) is 11.7. The van der Waals surface area contributed by atoms with Gasteiger partial charge in [0.1, 0.15) is 11.5 Å². The van der Waals surface area contributed by atoms with Crippen molar-refractivity contribution in [1.82, 2.24) is 15.0 Å². The lowest BCUT2D eigenvalue weighted by Crippen LogP contribution is -1.84. The molecular weight excluding hydrogens is 276 g/mol. The molecule has 5 nitrogen and oxygen atoms in total. The highest BCUT2D eigenvalue weighted by Crippen LogP contribution is 2.40. The van der Waals surface area contributed by atoms with Crippen molar-refractivity contribution in [1.29, 1.82) is 0 Å². The van der Waals surface area contributed by atoms with E-state index in [1.165, 1.54) is 0 Å². The second-order valence-corrected chi connectivity index (χ2v) is 5.45. The molecule has 6 heteroatoms. The topological polar surface area (TPSA) is 74.2 Å². The molecule has 2 aromatic heterocycles. The highest BCUT2D eigenvalue weighted by atomic mass is 35.5. The number of fused-ring (bicyclic) bond motifs is 1. The van der Waals surface area contributed by atoms with Crippen LogP contribution in [0.4, 0.5) is 5.82 Å². The Bertz CT molecular complexity index is 759. The summed E-state index contributed by atoms with van der Waals surface area (Å²) >= 11 is 5.96. The summed E-state index contributed by atoms with van der Waals surface area (Å²) < 4.78 is 0. The predicted molar refractivity (Wildman–Crippen MR) is 77.5 cm³/mol. The zero-order valence-corrected chi connectivity index (χ0v) is 11.2. The molecule has 0 spiro atoms. The maximum Gasteiger partial charge on any atom is 0.237 e. The van der Waals surface area contributed by atoms with Gasteiger partial charge in [0.25, 0.3) is 0 Å². The summed E-state index contributed by atoms with van der Waals surface area (Å²) in [7, 11) is 0. The molecule has 0 saturated heterocycles. The van der Waals surface area contributed by atoms with Crippen LogP contribution in [-0.4, -0.2) is 26.3 Å². The molecular formula is C14H11ClN4O. The normalized spacial score (nSPS) is 18.8. The summed E-state index contributed by atoms with van der Waals surface area (Å²) in [5, 5.41) is 10.5. The smallest absolute Gasteiger partial charge is 0.237 e. The van der Waals surface area contributed by atoms with Gasteiger partial charge in [-0.2, -0.15) is 4.98 Å².